The van der Waals surface area contributed by atoms with E-state index in [1.54, 1.807) is 7.11 Å². The van der Waals surface area contributed by atoms with Crippen LogP contribution in [0.4, 0.5) is 5.82 Å². The molecule has 18 heavy (non-hydrogen) atoms. The molecule has 4 nitrogen and oxygen atoms in total. The molecule has 0 aliphatic heterocycles. The van der Waals surface area contributed by atoms with E-state index in [1.807, 2.05) is 6.07 Å². The van der Waals surface area contributed by atoms with Crippen LogP contribution >= 0.6 is 11.6 Å². The van der Waals surface area contributed by atoms with Gasteiger partial charge < -0.3 is 9.64 Å². The van der Waals surface area contributed by atoms with E-state index in [0.29, 0.717) is 11.8 Å². The summed E-state index contributed by atoms with van der Waals surface area (Å²) in [5, 5.41) is 0.492. The molecule has 1 rings (SSSR count). The van der Waals surface area contributed by atoms with E-state index in [1.165, 1.54) is 0 Å². The predicted molar refractivity (Wildman–Crippen MR) is 75.5 cm³/mol. The topological polar surface area (TPSA) is 38.2 Å². The molecule has 0 saturated heterocycles. The lowest BCUT2D eigenvalue weighted by Crippen LogP contribution is -2.37. The van der Waals surface area contributed by atoms with Crippen molar-refractivity contribution >= 4 is 17.4 Å². The lowest BCUT2D eigenvalue weighted by molar-refractivity contribution is 0.181. The summed E-state index contributed by atoms with van der Waals surface area (Å²) in [5.41, 5.74) is 0. The highest BCUT2D eigenvalue weighted by Gasteiger charge is 2.16. The van der Waals surface area contributed by atoms with Crippen molar-refractivity contribution in [2.75, 3.05) is 25.2 Å². The summed E-state index contributed by atoms with van der Waals surface area (Å²) in [6, 6.07) is 2.06. The predicted octanol–water partition coefficient (Wildman–Crippen LogP) is 3.11. The Morgan fingerprint density at radius 3 is 2.50 bits per heavy atom. The number of methoxy groups -OCH3 is 1. The molecule has 1 aromatic heterocycles. The maximum absolute atomic E-state index is 6.07. The van der Waals surface area contributed by atoms with Crippen molar-refractivity contribution in [3.63, 3.8) is 0 Å². The molecule has 0 saturated carbocycles. The van der Waals surface area contributed by atoms with Crippen molar-refractivity contribution in [3.05, 3.63) is 17.0 Å². The minimum absolute atomic E-state index is 0.256. The molecule has 0 aliphatic carbocycles. The van der Waals surface area contributed by atoms with Crippen LogP contribution in [0.5, 0.6) is 0 Å². The number of hydrogen-bond donors (Lipinski definition) is 0. The van der Waals surface area contributed by atoms with Gasteiger partial charge in [-0.25, -0.2) is 9.97 Å². The molecule has 102 valence electrons. The van der Waals surface area contributed by atoms with Gasteiger partial charge in [0, 0.05) is 25.6 Å². The van der Waals surface area contributed by atoms with E-state index in [-0.39, 0.29) is 12.0 Å². The van der Waals surface area contributed by atoms with Crippen molar-refractivity contribution in [2.24, 2.45) is 0 Å². The summed E-state index contributed by atoms with van der Waals surface area (Å²) in [6.07, 6.45) is 0. The summed E-state index contributed by atoms with van der Waals surface area (Å²) in [5.74, 6) is 1.91. The van der Waals surface area contributed by atoms with Gasteiger partial charge in [0.15, 0.2) is 0 Å². The van der Waals surface area contributed by atoms with Crippen LogP contribution in [0.15, 0.2) is 6.07 Å². The largest absolute Gasteiger partial charge is 0.383 e. The molecule has 0 bridgehead atoms. The quantitative estimate of drug-likeness (QED) is 0.745. The average Bonchev–Trinajstić information content (AvgIpc) is 2.29. The van der Waals surface area contributed by atoms with Gasteiger partial charge in [-0.05, 0) is 13.8 Å². The van der Waals surface area contributed by atoms with Crippen molar-refractivity contribution in [2.45, 2.75) is 39.7 Å². The second kappa shape index (κ2) is 6.90. The Morgan fingerprint density at radius 1 is 1.33 bits per heavy atom. The zero-order valence-electron chi connectivity index (χ0n) is 11.8. The Hall–Kier alpha value is -0.870. The van der Waals surface area contributed by atoms with Crippen molar-refractivity contribution in [1.82, 2.24) is 9.97 Å². The Bertz CT molecular complexity index is 384. The zero-order chi connectivity index (χ0) is 13.7. The first-order valence-corrected chi connectivity index (χ1v) is 6.67. The molecule has 0 radical (unpaired) electrons. The fourth-order valence-electron chi connectivity index (χ4n) is 1.86. The zero-order valence-corrected chi connectivity index (χ0v) is 12.5. The summed E-state index contributed by atoms with van der Waals surface area (Å²) in [6.45, 7) is 9.84. The van der Waals surface area contributed by atoms with Crippen LogP contribution in [0.1, 0.15) is 39.4 Å². The van der Waals surface area contributed by atoms with Gasteiger partial charge >= 0.3 is 0 Å². The van der Waals surface area contributed by atoms with Crippen molar-refractivity contribution < 1.29 is 4.74 Å². The molecule has 1 heterocycles. The van der Waals surface area contributed by atoms with Gasteiger partial charge in [0.1, 0.15) is 16.8 Å². The summed E-state index contributed by atoms with van der Waals surface area (Å²) >= 11 is 6.07. The monoisotopic (exact) mass is 271 g/mol. The van der Waals surface area contributed by atoms with Crippen LogP contribution in [0.3, 0.4) is 0 Å². The van der Waals surface area contributed by atoms with Gasteiger partial charge in [0.25, 0.3) is 0 Å². The Balaban J connectivity index is 3.05. The van der Waals surface area contributed by atoms with Crippen LogP contribution in [0.2, 0.25) is 5.15 Å². The highest BCUT2D eigenvalue weighted by atomic mass is 35.5. The summed E-state index contributed by atoms with van der Waals surface area (Å²) in [7, 11) is 1.71. The number of nitrogens with zero attached hydrogens (tertiary/aromatic N) is 3. The van der Waals surface area contributed by atoms with Gasteiger partial charge in [-0.1, -0.05) is 25.4 Å². The van der Waals surface area contributed by atoms with E-state index in [4.69, 9.17) is 16.3 Å². The van der Waals surface area contributed by atoms with E-state index < -0.39 is 0 Å². The molecular weight excluding hydrogens is 250 g/mol. The minimum atomic E-state index is 0.256. The van der Waals surface area contributed by atoms with Gasteiger partial charge in [0.05, 0.1) is 12.6 Å². The van der Waals surface area contributed by atoms with Gasteiger partial charge in [-0.3, -0.25) is 0 Å². The Labute approximate surface area is 114 Å². The summed E-state index contributed by atoms with van der Waals surface area (Å²) < 4.78 is 5.20. The van der Waals surface area contributed by atoms with Gasteiger partial charge in [0.2, 0.25) is 0 Å². The van der Waals surface area contributed by atoms with E-state index >= 15 is 0 Å². The van der Waals surface area contributed by atoms with Crippen LogP contribution in [0.25, 0.3) is 0 Å². The molecule has 1 aromatic rings. The van der Waals surface area contributed by atoms with Crippen LogP contribution in [-0.4, -0.2) is 36.3 Å². The molecule has 0 fully saturated rings. The lowest BCUT2D eigenvalue weighted by Gasteiger charge is -2.29. The molecular formula is C13H22ClN3O. The Kier molecular flexibility index (Phi) is 5.82. The number of rotatable bonds is 6. The number of likely N-dealkylation sites (N-methyl/N-ethyl adjacent to an activating group) is 1. The molecule has 1 unspecified atom stereocenters. The van der Waals surface area contributed by atoms with E-state index in [2.05, 4.69) is 42.6 Å². The number of ether oxygens (including phenoxy) is 1. The van der Waals surface area contributed by atoms with Gasteiger partial charge in [-0.2, -0.15) is 0 Å². The highest BCUT2D eigenvalue weighted by molar-refractivity contribution is 6.29. The Morgan fingerprint density at radius 2 is 2.00 bits per heavy atom. The first-order chi connectivity index (χ1) is 8.49. The van der Waals surface area contributed by atoms with Crippen molar-refractivity contribution in [1.29, 1.82) is 0 Å². The molecule has 0 spiro atoms. The fourth-order valence-corrected chi connectivity index (χ4v) is 2.04. The lowest BCUT2D eigenvalue weighted by atomic mass is 10.2. The van der Waals surface area contributed by atoms with E-state index in [9.17, 15) is 0 Å². The van der Waals surface area contributed by atoms with Crippen molar-refractivity contribution in [3.8, 4) is 0 Å². The third kappa shape index (κ3) is 3.82. The first-order valence-electron chi connectivity index (χ1n) is 6.29. The third-order valence-corrected chi connectivity index (χ3v) is 2.98. The molecule has 0 N–H and O–H groups in total. The SMILES string of the molecule is CCN(c1cc(Cl)nc(C(C)C)n1)C(C)COC. The number of halogens is 1. The second-order valence-electron chi connectivity index (χ2n) is 4.65. The minimum Gasteiger partial charge on any atom is -0.383 e. The number of aromatic nitrogens is 2. The molecule has 0 aromatic carbocycles. The first kappa shape index (κ1) is 15.2. The number of anilines is 1. The van der Waals surface area contributed by atoms with Crippen LogP contribution < -0.4 is 4.90 Å². The third-order valence-electron chi connectivity index (χ3n) is 2.79. The fraction of sp³-hybridized carbons (Fsp3) is 0.692. The molecule has 5 heteroatoms. The summed E-state index contributed by atoms with van der Waals surface area (Å²) in [4.78, 5) is 11.0. The maximum atomic E-state index is 6.07. The highest BCUT2D eigenvalue weighted by Crippen LogP contribution is 2.21. The maximum Gasteiger partial charge on any atom is 0.135 e. The standard InChI is InChI=1S/C13H22ClN3O/c1-6-17(10(4)8-18-5)12-7-11(14)15-13(16-12)9(2)3/h7,9-10H,6,8H2,1-5H3. The molecule has 0 amide bonds. The molecule has 1 atom stereocenters. The number of hydrogen-bond acceptors (Lipinski definition) is 4. The molecule has 0 aliphatic rings. The van der Waals surface area contributed by atoms with Crippen LogP contribution in [0, 0.1) is 0 Å². The average molecular weight is 272 g/mol. The second-order valence-corrected chi connectivity index (χ2v) is 5.04. The normalized spacial score (nSPS) is 12.8. The smallest absolute Gasteiger partial charge is 0.135 e. The van der Waals surface area contributed by atoms with E-state index in [0.717, 1.165) is 18.2 Å². The van der Waals surface area contributed by atoms with Crippen LogP contribution in [-0.2, 0) is 4.74 Å². The van der Waals surface area contributed by atoms with Gasteiger partial charge in [-0.15, -0.1) is 0 Å².